The van der Waals surface area contributed by atoms with Crippen molar-refractivity contribution in [3.05, 3.63) is 28.3 Å². The smallest absolute Gasteiger partial charge is 0.280 e. The highest BCUT2D eigenvalue weighted by atomic mass is 32.1. The lowest BCUT2D eigenvalue weighted by molar-refractivity contribution is 0.0963. The van der Waals surface area contributed by atoms with E-state index >= 15 is 0 Å². The molecule has 1 amide bonds. The van der Waals surface area contributed by atoms with Crippen LogP contribution in [0.5, 0.6) is 0 Å². The first-order valence-corrected chi connectivity index (χ1v) is 5.33. The highest BCUT2D eigenvalue weighted by Crippen LogP contribution is 2.29. The first-order valence-electron chi connectivity index (χ1n) is 4.51. The first kappa shape index (κ1) is 10.9. The normalized spacial score (nSPS) is 10.8. The van der Waals surface area contributed by atoms with Gasteiger partial charge in [-0.1, -0.05) is 0 Å². The molecule has 1 aromatic carbocycles. The van der Waals surface area contributed by atoms with Gasteiger partial charge in [0.2, 0.25) is 0 Å². The zero-order chi connectivity index (χ0) is 11.9. The Morgan fingerprint density at radius 3 is 2.81 bits per heavy atom. The van der Waals surface area contributed by atoms with Crippen molar-refractivity contribution in [2.75, 3.05) is 7.05 Å². The fourth-order valence-corrected chi connectivity index (χ4v) is 2.35. The summed E-state index contributed by atoms with van der Waals surface area (Å²) in [4.78, 5) is 15.1. The molecule has 0 saturated heterocycles. The molecule has 1 N–H and O–H groups in total. The molecule has 2 aromatic rings. The monoisotopic (exact) mass is 242 g/mol. The minimum atomic E-state index is -1.01. The van der Waals surface area contributed by atoms with E-state index < -0.39 is 17.5 Å². The van der Waals surface area contributed by atoms with Gasteiger partial charge in [-0.15, -0.1) is 11.3 Å². The summed E-state index contributed by atoms with van der Waals surface area (Å²) in [7, 11) is 1.46. The number of aryl methyl sites for hydroxylation is 1. The molecule has 0 bridgehead atoms. The second kappa shape index (κ2) is 3.79. The third-order valence-corrected chi connectivity index (χ3v) is 3.36. The van der Waals surface area contributed by atoms with Gasteiger partial charge in [0.25, 0.3) is 5.91 Å². The molecule has 0 fully saturated rings. The van der Waals surface area contributed by atoms with Gasteiger partial charge >= 0.3 is 0 Å². The number of nitrogens with zero attached hydrogens (tertiary/aromatic N) is 1. The second-order valence-corrected chi connectivity index (χ2v) is 4.26. The van der Waals surface area contributed by atoms with Gasteiger partial charge in [0, 0.05) is 7.05 Å². The maximum absolute atomic E-state index is 13.4. The molecule has 1 aromatic heterocycles. The number of thiazole rings is 1. The minimum absolute atomic E-state index is 0.0823. The lowest BCUT2D eigenvalue weighted by atomic mass is 10.2. The molecule has 2 rings (SSSR count). The number of hydrogen-bond acceptors (Lipinski definition) is 3. The molecular weight excluding hydrogens is 234 g/mol. The van der Waals surface area contributed by atoms with Gasteiger partial charge in [-0.05, 0) is 18.6 Å². The predicted octanol–water partition coefficient (Wildman–Crippen LogP) is 2.24. The van der Waals surface area contributed by atoms with Crippen molar-refractivity contribution in [3.8, 4) is 0 Å². The zero-order valence-corrected chi connectivity index (χ0v) is 9.41. The number of amides is 1. The van der Waals surface area contributed by atoms with Crippen LogP contribution in [-0.2, 0) is 0 Å². The highest BCUT2D eigenvalue weighted by Gasteiger charge is 2.17. The maximum atomic E-state index is 13.4. The summed E-state index contributed by atoms with van der Waals surface area (Å²) in [6.07, 6.45) is 0. The number of nitrogens with one attached hydrogen (secondary N) is 1. The summed E-state index contributed by atoms with van der Waals surface area (Å²) in [5.74, 6) is -2.36. The van der Waals surface area contributed by atoms with Gasteiger partial charge in [0.15, 0.2) is 16.6 Å². The van der Waals surface area contributed by atoms with Crippen LogP contribution in [-0.4, -0.2) is 17.9 Å². The molecule has 6 heteroatoms. The third-order valence-electron chi connectivity index (χ3n) is 2.17. The quantitative estimate of drug-likeness (QED) is 0.833. The molecule has 0 aliphatic carbocycles. The Morgan fingerprint density at radius 1 is 1.50 bits per heavy atom. The number of fused-ring (bicyclic) bond motifs is 1. The summed E-state index contributed by atoms with van der Waals surface area (Å²) in [5, 5.41) is 2.52. The summed E-state index contributed by atoms with van der Waals surface area (Å²) in [5.41, 5.74) is 0.489. The summed E-state index contributed by atoms with van der Waals surface area (Å²) in [6, 6.07) is 1.10. The first-order chi connectivity index (χ1) is 7.54. The SMILES string of the molecule is CNC(=O)c1nc2c(F)c(F)cc(C)c2s1. The van der Waals surface area contributed by atoms with Gasteiger partial charge in [-0.3, -0.25) is 4.79 Å². The van der Waals surface area contributed by atoms with E-state index in [1.54, 1.807) is 6.92 Å². The van der Waals surface area contributed by atoms with Crippen molar-refractivity contribution >= 4 is 27.5 Å². The highest BCUT2D eigenvalue weighted by molar-refractivity contribution is 7.20. The van der Waals surface area contributed by atoms with Crippen LogP contribution < -0.4 is 5.32 Å². The molecular formula is C10H8F2N2OS. The fraction of sp³-hybridized carbons (Fsp3) is 0.200. The van der Waals surface area contributed by atoms with E-state index in [-0.39, 0.29) is 10.5 Å². The summed E-state index contributed by atoms with van der Waals surface area (Å²) in [6.45, 7) is 1.65. The van der Waals surface area contributed by atoms with Crippen LogP contribution in [0.4, 0.5) is 8.78 Å². The largest absolute Gasteiger partial charge is 0.353 e. The lowest BCUT2D eigenvalue weighted by Gasteiger charge is -1.96. The molecule has 3 nitrogen and oxygen atoms in total. The van der Waals surface area contributed by atoms with E-state index in [9.17, 15) is 13.6 Å². The van der Waals surface area contributed by atoms with E-state index in [1.807, 2.05) is 0 Å². The molecule has 0 unspecified atom stereocenters. The number of aromatic nitrogens is 1. The molecule has 0 atom stereocenters. The van der Waals surface area contributed by atoms with Crippen molar-refractivity contribution in [2.45, 2.75) is 6.92 Å². The average Bonchev–Trinajstić information content (AvgIpc) is 2.70. The zero-order valence-electron chi connectivity index (χ0n) is 8.60. The Morgan fingerprint density at radius 2 is 2.19 bits per heavy atom. The Labute approximate surface area is 94.1 Å². The number of benzene rings is 1. The van der Waals surface area contributed by atoms with E-state index in [2.05, 4.69) is 10.3 Å². The van der Waals surface area contributed by atoms with Gasteiger partial charge < -0.3 is 5.32 Å². The lowest BCUT2D eigenvalue weighted by Crippen LogP contribution is -2.17. The van der Waals surface area contributed by atoms with E-state index in [0.717, 1.165) is 17.4 Å². The van der Waals surface area contributed by atoms with Crippen LogP contribution in [0.3, 0.4) is 0 Å². The third kappa shape index (κ3) is 1.55. The van der Waals surface area contributed by atoms with E-state index in [4.69, 9.17) is 0 Å². The molecule has 16 heavy (non-hydrogen) atoms. The summed E-state index contributed by atoms with van der Waals surface area (Å²) >= 11 is 1.05. The van der Waals surface area contributed by atoms with Crippen molar-refractivity contribution < 1.29 is 13.6 Å². The molecule has 0 aliphatic rings. The molecule has 1 heterocycles. The van der Waals surface area contributed by atoms with Crippen LogP contribution in [0.2, 0.25) is 0 Å². The number of carbonyl (C=O) groups is 1. The fourth-order valence-electron chi connectivity index (χ4n) is 1.37. The van der Waals surface area contributed by atoms with Crippen LogP contribution in [0.1, 0.15) is 15.4 Å². The molecule has 0 aliphatic heterocycles. The number of rotatable bonds is 1. The van der Waals surface area contributed by atoms with Crippen LogP contribution >= 0.6 is 11.3 Å². The minimum Gasteiger partial charge on any atom is -0.353 e. The molecule has 0 saturated carbocycles. The Balaban J connectivity index is 2.74. The van der Waals surface area contributed by atoms with E-state index in [1.165, 1.54) is 7.05 Å². The molecule has 0 spiro atoms. The Bertz CT molecular complexity index is 580. The number of hydrogen-bond donors (Lipinski definition) is 1. The van der Waals surface area contributed by atoms with Crippen LogP contribution in [0.15, 0.2) is 6.07 Å². The average molecular weight is 242 g/mol. The van der Waals surface area contributed by atoms with E-state index in [0.29, 0.717) is 10.3 Å². The Kier molecular flexibility index (Phi) is 2.59. The van der Waals surface area contributed by atoms with Gasteiger partial charge in [-0.2, -0.15) is 0 Å². The predicted molar refractivity (Wildman–Crippen MR) is 57.7 cm³/mol. The topological polar surface area (TPSA) is 42.0 Å². The van der Waals surface area contributed by atoms with Gasteiger partial charge in [0.1, 0.15) is 5.52 Å². The molecule has 0 radical (unpaired) electrons. The van der Waals surface area contributed by atoms with Gasteiger partial charge in [-0.25, -0.2) is 13.8 Å². The second-order valence-electron chi connectivity index (χ2n) is 3.27. The van der Waals surface area contributed by atoms with Crippen molar-refractivity contribution in [2.24, 2.45) is 0 Å². The van der Waals surface area contributed by atoms with Crippen molar-refractivity contribution in [1.82, 2.24) is 10.3 Å². The number of halogens is 2. The van der Waals surface area contributed by atoms with Crippen molar-refractivity contribution in [1.29, 1.82) is 0 Å². The molecule has 84 valence electrons. The van der Waals surface area contributed by atoms with Crippen molar-refractivity contribution in [3.63, 3.8) is 0 Å². The summed E-state index contributed by atoms with van der Waals surface area (Å²) < 4.78 is 27.0. The van der Waals surface area contributed by atoms with Gasteiger partial charge in [0.05, 0.1) is 4.70 Å². The number of carbonyl (C=O) groups excluding carboxylic acids is 1. The van der Waals surface area contributed by atoms with Crippen LogP contribution in [0.25, 0.3) is 10.2 Å². The van der Waals surface area contributed by atoms with Crippen LogP contribution in [0, 0.1) is 18.6 Å². The maximum Gasteiger partial charge on any atom is 0.280 e. The Hall–Kier alpha value is -1.56. The standard InChI is InChI=1S/C10H8F2N2OS/c1-4-3-5(11)6(12)7-8(4)16-10(14-7)9(15)13-2/h3H,1-2H3,(H,13,15).